The molecule has 0 aliphatic carbocycles. The van der Waals surface area contributed by atoms with E-state index in [2.05, 4.69) is 5.10 Å². The minimum Gasteiger partial charge on any atom is -0.504 e. The number of nitrogens with zero attached hydrogens (tertiary/aromatic N) is 4. The third-order valence-corrected chi connectivity index (χ3v) is 5.54. The first-order chi connectivity index (χ1) is 13.0. The predicted molar refractivity (Wildman–Crippen MR) is 100 cm³/mol. The standard InChI is InChI=1S/C19H21ClN4O3/c20-13-3-5-15(6-4-13)24-12-16(25)18(21-24)19(27)22-10-7-14(8-11-22)23-9-1-2-17(23)26/h3-6,12,14,25H,1-2,7-11H2. The van der Waals surface area contributed by atoms with Crippen LogP contribution in [-0.4, -0.2) is 62.2 Å². The third kappa shape index (κ3) is 3.51. The molecule has 0 unspecified atom stereocenters. The Kier molecular flexibility index (Phi) is 4.78. The second-order valence-electron chi connectivity index (χ2n) is 7.00. The lowest BCUT2D eigenvalue weighted by Crippen LogP contribution is -2.47. The Morgan fingerprint density at radius 2 is 1.85 bits per heavy atom. The van der Waals surface area contributed by atoms with Crippen LogP contribution in [0.1, 0.15) is 36.2 Å². The van der Waals surface area contributed by atoms with Gasteiger partial charge in [0.05, 0.1) is 11.9 Å². The molecule has 0 saturated carbocycles. The van der Waals surface area contributed by atoms with Crippen molar-refractivity contribution in [2.45, 2.75) is 31.7 Å². The van der Waals surface area contributed by atoms with Crippen LogP contribution in [0.25, 0.3) is 5.69 Å². The predicted octanol–water partition coefficient (Wildman–Crippen LogP) is 2.46. The zero-order valence-corrected chi connectivity index (χ0v) is 15.6. The van der Waals surface area contributed by atoms with Crippen molar-refractivity contribution in [1.82, 2.24) is 19.6 Å². The quantitative estimate of drug-likeness (QED) is 0.876. The highest BCUT2D eigenvalue weighted by Crippen LogP contribution is 2.25. The summed E-state index contributed by atoms with van der Waals surface area (Å²) < 4.78 is 1.47. The van der Waals surface area contributed by atoms with Crippen molar-refractivity contribution in [1.29, 1.82) is 0 Å². The van der Waals surface area contributed by atoms with E-state index in [9.17, 15) is 14.7 Å². The molecule has 142 valence electrons. The number of hydrogen-bond donors (Lipinski definition) is 1. The lowest BCUT2D eigenvalue weighted by Gasteiger charge is -2.36. The highest BCUT2D eigenvalue weighted by atomic mass is 35.5. The summed E-state index contributed by atoms with van der Waals surface area (Å²) in [6.45, 7) is 1.94. The van der Waals surface area contributed by atoms with E-state index in [0.717, 1.165) is 25.8 Å². The smallest absolute Gasteiger partial charge is 0.278 e. The molecule has 2 aliphatic rings. The molecule has 0 spiro atoms. The maximum Gasteiger partial charge on any atom is 0.278 e. The average Bonchev–Trinajstić information content (AvgIpc) is 3.27. The second kappa shape index (κ2) is 7.23. The van der Waals surface area contributed by atoms with E-state index in [1.54, 1.807) is 29.2 Å². The summed E-state index contributed by atoms with van der Waals surface area (Å²) in [5, 5.41) is 15.1. The van der Waals surface area contributed by atoms with Crippen LogP contribution in [0.3, 0.4) is 0 Å². The minimum atomic E-state index is -0.286. The summed E-state index contributed by atoms with van der Waals surface area (Å²) in [4.78, 5) is 28.4. The van der Waals surface area contributed by atoms with Crippen LogP contribution in [0.15, 0.2) is 30.5 Å². The first-order valence-electron chi connectivity index (χ1n) is 9.16. The van der Waals surface area contributed by atoms with E-state index >= 15 is 0 Å². The van der Waals surface area contributed by atoms with E-state index in [4.69, 9.17) is 11.6 Å². The van der Waals surface area contributed by atoms with Crippen LogP contribution in [0.2, 0.25) is 5.02 Å². The number of rotatable bonds is 3. The highest BCUT2D eigenvalue weighted by Gasteiger charge is 2.33. The molecular formula is C19H21ClN4O3. The molecule has 7 nitrogen and oxygen atoms in total. The molecule has 1 aromatic heterocycles. The monoisotopic (exact) mass is 388 g/mol. The van der Waals surface area contributed by atoms with Gasteiger partial charge >= 0.3 is 0 Å². The fourth-order valence-electron chi connectivity index (χ4n) is 3.83. The Morgan fingerprint density at radius 3 is 2.48 bits per heavy atom. The van der Waals surface area contributed by atoms with Crippen molar-refractivity contribution >= 4 is 23.4 Å². The zero-order chi connectivity index (χ0) is 19.0. The normalized spacial score (nSPS) is 18.3. The fourth-order valence-corrected chi connectivity index (χ4v) is 3.95. The van der Waals surface area contributed by atoms with Crippen molar-refractivity contribution in [2.24, 2.45) is 0 Å². The van der Waals surface area contributed by atoms with Crippen LogP contribution in [0.5, 0.6) is 5.75 Å². The fraction of sp³-hybridized carbons (Fsp3) is 0.421. The van der Waals surface area contributed by atoms with Gasteiger partial charge in [0.15, 0.2) is 11.4 Å². The maximum atomic E-state index is 12.8. The van der Waals surface area contributed by atoms with Crippen LogP contribution < -0.4 is 0 Å². The van der Waals surface area contributed by atoms with Gasteiger partial charge in [-0.15, -0.1) is 0 Å². The summed E-state index contributed by atoms with van der Waals surface area (Å²) in [6.07, 6.45) is 4.50. The number of hydrogen-bond acceptors (Lipinski definition) is 4. The number of benzene rings is 1. The van der Waals surface area contributed by atoms with Crippen molar-refractivity contribution in [3.05, 3.63) is 41.2 Å². The molecule has 1 N–H and O–H groups in total. The van der Waals surface area contributed by atoms with Crippen LogP contribution in [0.4, 0.5) is 0 Å². The number of aromatic hydroxyl groups is 1. The SMILES string of the molecule is O=C(c1nn(-c2ccc(Cl)cc2)cc1O)N1CCC(N2CCCC2=O)CC1. The van der Waals surface area contributed by atoms with Crippen LogP contribution in [-0.2, 0) is 4.79 Å². The number of carbonyl (C=O) groups excluding carboxylic acids is 2. The summed E-state index contributed by atoms with van der Waals surface area (Å²) in [5.41, 5.74) is 0.751. The summed E-state index contributed by atoms with van der Waals surface area (Å²) in [6, 6.07) is 7.19. The zero-order valence-electron chi connectivity index (χ0n) is 14.8. The topological polar surface area (TPSA) is 78.7 Å². The maximum absolute atomic E-state index is 12.8. The Bertz CT molecular complexity index is 856. The molecule has 2 aliphatic heterocycles. The number of amides is 2. The number of carbonyl (C=O) groups is 2. The number of likely N-dealkylation sites (tertiary alicyclic amines) is 2. The molecule has 27 heavy (non-hydrogen) atoms. The summed E-state index contributed by atoms with van der Waals surface area (Å²) in [5.74, 6) is -0.211. The summed E-state index contributed by atoms with van der Waals surface area (Å²) >= 11 is 5.89. The molecule has 2 aromatic rings. The Labute approximate surface area is 162 Å². The van der Waals surface area contributed by atoms with E-state index in [1.807, 2.05) is 4.90 Å². The highest BCUT2D eigenvalue weighted by molar-refractivity contribution is 6.30. The van der Waals surface area contributed by atoms with Crippen molar-refractivity contribution in [3.8, 4) is 11.4 Å². The molecule has 8 heteroatoms. The van der Waals surface area contributed by atoms with E-state index in [-0.39, 0.29) is 29.3 Å². The molecule has 3 heterocycles. The Balaban J connectivity index is 1.44. The molecule has 0 radical (unpaired) electrons. The van der Waals surface area contributed by atoms with Crippen molar-refractivity contribution < 1.29 is 14.7 Å². The summed E-state index contributed by atoms with van der Waals surface area (Å²) in [7, 11) is 0. The van der Waals surface area contributed by atoms with Gasteiger partial charge < -0.3 is 14.9 Å². The molecule has 2 amide bonds. The number of aromatic nitrogens is 2. The van der Waals surface area contributed by atoms with Gasteiger partial charge in [0.25, 0.3) is 5.91 Å². The second-order valence-corrected chi connectivity index (χ2v) is 7.43. The first-order valence-corrected chi connectivity index (χ1v) is 9.54. The molecule has 2 fully saturated rings. The lowest BCUT2D eigenvalue weighted by molar-refractivity contribution is -0.130. The first kappa shape index (κ1) is 17.9. The van der Waals surface area contributed by atoms with E-state index in [0.29, 0.717) is 30.2 Å². The van der Waals surface area contributed by atoms with Gasteiger partial charge in [0.2, 0.25) is 5.91 Å². The minimum absolute atomic E-state index is 0.0423. The third-order valence-electron chi connectivity index (χ3n) is 5.29. The van der Waals surface area contributed by atoms with E-state index in [1.165, 1.54) is 10.9 Å². The number of halogens is 1. The molecule has 1 aromatic carbocycles. The van der Waals surface area contributed by atoms with Crippen LogP contribution >= 0.6 is 11.6 Å². The van der Waals surface area contributed by atoms with Crippen LogP contribution in [0, 0.1) is 0 Å². The van der Waals surface area contributed by atoms with Gasteiger partial charge in [-0.2, -0.15) is 5.10 Å². The van der Waals surface area contributed by atoms with Gasteiger partial charge in [-0.1, -0.05) is 11.6 Å². The van der Waals surface area contributed by atoms with E-state index < -0.39 is 0 Å². The number of piperidine rings is 1. The average molecular weight is 389 g/mol. The lowest BCUT2D eigenvalue weighted by atomic mass is 10.0. The molecule has 4 rings (SSSR count). The Morgan fingerprint density at radius 1 is 1.15 bits per heavy atom. The molecule has 0 atom stereocenters. The molecular weight excluding hydrogens is 368 g/mol. The molecule has 0 bridgehead atoms. The van der Waals surface area contributed by atoms with Gasteiger partial charge in [-0.3, -0.25) is 9.59 Å². The van der Waals surface area contributed by atoms with Crippen molar-refractivity contribution in [3.63, 3.8) is 0 Å². The van der Waals surface area contributed by atoms with Crippen molar-refractivity contribution in [2.75, 3.05) is 19.6 Å². The molecule has 2 saturated heterocycles. The Hall–Kier alpha value is -2.54. The van der Waals surface area contributed by atoms with Gasteiger partial charge in [-0.05, 0) is 43.5 Å². The largest absolute Gasteiger partial charge is 0.504 e. The van der Waals surface area contributed by atoms with Gasteiger partial charge in [0, 0.05) is 37.1 Å². The van der Waals surface area contributed by atoms with Gasteiger partial charge in [0.1, 0.15) is 0 Å². The van der Waals surface area contributed by atoms with Gasteiger partial charge in [-0.25, -0.2) is 4.68 Å².